The third-order valence-corrected chi connectivity index (χ3v) is 6.67. The van der Waals surface area contributed by atoms with Crippen LogP contribution in [-0.2, 0) is 27.5 Å². The molecule has 1 atom stereocenters. The molecule has 8 nitrogen and oxygen atoms in total. The van der Waals surface area contributed by atoms with E-state index in [0.717, 1.165) is 49.7 Å². The summed E-state index contributed by atoms with van der Waals surface area (Å²) in [6.07, 6.45) is 0.599. The molecule has 1 fully saturated rings. The lowest BCUT2D eigenvalue weighted by molar-refractivity contribution is -0.122. The Bertz CT molecular complexity index is 1080. The molecule has 0 N–H and O–H groups in total. The van der Waals surface area contributed by atoms with E-state index < -0.39 is 6.04 Å². The average Bonchev–Trinajstić information content (AvgIpc) is 3.20. The number of rotatable bonds is 12. The first-order chi connectivity index (χ1) is 17.4. The van der Waals surface area contributed by atoms with Crippen LogP contribution in [0.1, 0.15) is 48.2 Å². The van der Waals surface area contributed by atoms with Crippen LogP contribution in [0.25, 0.3) is 0 Å². The van der Waals surface area contributed by atoms with Crippen molar-refractivity contribution in [3.05, 3.63) is 59.2 Å². The lowest BCUT2D eigenvalue weighted by atomic mass is 10.0. The second-order valence-corrected chi connectivity index (χ2v) is 9.32. The fourth-order valence-corrected chi connectivity index (χ4v) is 4.59. The number of morpholine rings is 1. The Labute approximate surface area is 212 Å². The number of Topliss-reactive ketones (excluding diaryl/α,β-unsaturated/α-hetero) is 2. The molecule has 1 unspecified atom stereocenters. The van der Waals surface area contributed by atoms with Gasteiger partial charge in [-0.1, -0.05) is 18.2 Å². The molecule has 0 aliphatic carbocycles. The highest BCUT2D eigenvalue weighted by atomic mass is 16.5. The first-order valence-corrected chi connectivity index (χ1v) is 12.5. The maximum absolute atomic E-state index is 13.0. The molecule has 2 heterocycles. The highest BCUT2D eigenvalue weighted by molar-refractivity contribution is 6.01. The molecule has 2 aromatic carbocycles. The van der Waals surface area contributed by atoms with Gasteiger partial charge in [-0.2, -0.15) is 0 Å². The Kier molecular flexibility index (Phi) is 8.72. The van der Waals surface area contributed by atoms with Gasteiger partial charge in [-0.15, -0.1) is 0 Å². The zero-order valence-electron chi connectivity index (χ0n) is 21.0. The highest BCUT2D eigenvalue weighted by Gasteiger charge is 2.36. The van der Waals surface area contributed by atoms with Crippen molar-refractivity contribution in [2.45, 2.75) is 45.9 Å². The second kappa shape index (κ2) is 12.1. The molecular weight excluding hydrogens is 460 g/mol. The largest absolute Gasteiger partial charge is 0.492 e. The smallest absolute Gasteiger partial charge is 0.255 e. The van der Waals surface area contributed by atoms with Gasteiger partial charge in [0.1, 0.15) is 30.5 Å². The lowest BCUT2D eigenvalue weighted by Crippen LogP contribution is -2.40. The zero-order valence-corrected chi connectivity index (χ0v) is 21.0. The molecule has 1 saturated heterocycles. The van der Waals surface area contributed by atoms with E-state index in [-0.39, 0.29) is 23.9 Å². The Morgan fingerprint density at radius 3 is 2.47 bits per heavy atom. The minimum Gasteiger partial charge on any atom is -0.492 e. The predicted molar refractivity (Wildman–Crippen MR) is 134 cm³/mol. The van der Waals surface area contributed by atoms with Gasteiger partial charge in [0.15, 0.2) is 5.78 Å². The topological polar surface area (TPSA) is 85.4 Å². The summed E-state index contributed by atoms with van der Waals surface area (Å²) in [6, 6.07) is 12.6. The maximum atomic E-state index is 13.0. The predicted octanol–water partition coefficient (Wildman–Crippen LogP) is 3.26. The van der Waals surface area contributed by atoms with Gasteiger partial charge in [-0.3, -0.25) is 14.5 Å². The van der Waals surface area contributed by atoms with Crippen LogP contribution >= 0.6 is 0 Å². The van der Waals surface area contributed by atoms with Crippen LogP contribution in [0.5, 0.6) is 11.5 Å². The third-order valence-electron chi connectivity index (χ3n) is 6.67. The lowest BCUT2D eigenvalue weighted by Gasteiger charge is -2.26. The van der Waals surface area contributed by atoms with Gasteiger partial charge in [0.05, 0.1) is 25.8 Å². The van der Waals surface area contributed by atoms with Crippen LogP contribution in [0.4, 0.5) is 0 Å². The summed E-state index contributed by atoms with van der Waals surface area (Å²) in [5.41, 5.74) is 2.31. The van der Waals surface area contributed by atoms with E-state index in [4.69, 9.17) is 14.2 Å². The quantitative estimate of drug-likeness (QED) is 0.448. The zero-order chi connectivity index (χ0) is 25.5. The average molecular weight is 495 g/mol. The normalized spacial score (nSPS) is 16.5. The SMILES string of the molecule is CC(=O)CCC(C(C)=O)N1Cc2c(OCc3ccc(OCCN4CCOCC4)cc3)cccc2C1=O. The van der Waals surface area contributed by atoms with E-state index in [2.05, 4.69) is 4.90 Å². The van der Waals surface area contributed by atoms with Crippen LogP contribution in [0, 0.1) is 0 Å². The molecule has 0 spiro atoms. The molecule has 0 aromatic heterocycles. The summed E-state index contributed by atoms with van der Waals surface area (Å²) >= 11 is 0. The van der Waals surface area contributed by atoms with Gasteiger partial charge in [-0.05, 0) is 50.1 Å². The first kappa shape index (κ1) is 25.9. The van der Waals surface area contributed by atoms with Crippen molar-refractivity contribution in [1.82, 2.24) is 9.80 Å². The van der Waals surface area contributed by atoms with E-state index >= 15 is 0 Å². The van der Waals surface area contributed by atoms with Crippen LogP contribution in [0.15, 0.2) is 42.5 Å². The number of nitrogens with zero attached hydrogens (tertiary/aromatic N) is 2. The number of hydrogen-bond acceptors (Lipinski definition) is 7. The number of carbonyl (C=O) groups is 3. The number of amides is 1. The Hall–Kier alpha value is -3.23. The van der Waals surface area contributed by atoms with Crippen molar-refractivity contribution in [3.8, 4) is 11.5 Å². The van der Waals surface area contributed by atoms with Crippen molar-refractivity contribution in [2.24, 2.45) is 0 Å². The van der Waals surface area contributed by atoms with Crippen molar-refractivity contribution in [1.29, 1.82) is 0 Å². The van der Waals surface area contributed by atoms with Crippen molar-refractivity contribution in [2.75, 3.05) is 39.5 Å². The monoisotopic (exact) mass is 494 g/mol. The number of ether oxygens (including phenoxy) is 3. The Morgan fingerprint density at radius 1 is 1.03 bits per heavy atom. The number of hydrogen-bond donors (Lipinski definition) is 0. The van der Waals surface area contributed by atoms with E-state index in [1.807, 2.05) is 30.3 Å². The van der Waals surface area contributed by atoms with E-state index in [1.54, 1.807) is 17.0 Å². The van der Waals surface area contributed by atoms with Gasteiger partial charge in [-0.25, -0.2) is 0 Å². The summed E-state index contributed by atoms with van der Waals surface area (Å²) in [4.78, 5) is 40.6. The summed E-state index contributed by atoms with van der Waals surface area (Å²) in [6.45, 7) is 8.56. The summed E-state index contributed by atoms with van der Waals surface area (Å²) in [5, 5.41) is 0. The minimum atomic E-state index is -0.613. The Balaban J connectivity index is 1.33. The molecule has 0 saturated carbocycles. The molecule has 192 valence electrons. The molecule has 36 heavy (non-hydrogen) atoms. The fraction of sp³-hybridized carbons (Fsp3) is 0.464. The van der Waals surface area contributed by atoms with Crippen LogP contribution in [-0.4, -0.2) is 72.8 Å². The molecule has 2 aliphatic heterocycles. The van der Waals surface area contributed by atoms with Gasteiger partial charge in [0.25, 0.3) is 5.91 Å². The summed E-state index contributed by atoms with van der Waals surface area (Å²) in [5.74, 6) is 1.13. The third kappa shape index (κ3) is 6.50. The molecule has 1 amide bonds. The second-order valence-electron chi connectivity index (χ2n) is 9.32. The number of fused-ring (bicyclic) bond motifs is 1. The molecular formula is C28H34N2O6. The van der Waals surface area contributed by atoms with Gasteiger partial charge < -0.3 is 23.9 Å². The van der Waals surface area contributed by atoms with Gasteiger partial charge in [0.2, 0.25) is 0 Å². The number of carbonyl (C=O) groups excluding carboxylic acids is 3. The van der Waals surface area contributed by atoms with Crippen molar-refractivity contribution >= 4 is 17.5 Å². The molecule has 8 heteroatoms. The molecule has 2 aromatic rings. The van der Waals surface area contributed by atoms with Crippen LogP contribution < -0.4 is 9.47 Å². The maximum Gasteiger partial charge on any atom is 0.255 e. The molecule has 0 radical (unpaired) electrons. The number of benzene rings is 2. The first-order valence-electron chi connectivity index (χ1n) is 12.5. The van der Waals surface area contributed by atoms with Crippen molar-refractivity contribution < 1.29 is 28.6 Å². The molecule has 4 rings (SSSR count). The van der Waals surface area contributed by atoms with E-state index in [0.29, 0.717) is 37.5 Å². The van der Waals surface area contributed by atoms with Crippen LogP contribution in [0.2, 0.25) is 0 Å². The molecule has 2 aliphatic rings. The van der Waals surface area contributed by atoms with E-state index in [1.165, 1.54) is 13.8 Å². The Morgan fingerprint density at radius 2 is 1.78 bits per heavy atom. The summed E-state index contributed by atoms with van der Waals surface area (Å²) in [7, 11) is 0. The van der Waals surface area contributed by atoms with Gasteiger partial charge in [0, 0.05) is 37.2 Å². The molecule has 0 bridgehead atoms. The van der Waals surface area contributed by atoms with Gasteiger partial charge >= 0.3 is 0 Å². The number of ketones is 2. The minimum absolute atomic E-state index is 0.00273. The summed E-state index contributed by atoms with van der Waals surface area (Å²) < 4.78 is 17.3. The van der Waals surface area contributed by atoms with E-state index in [9.17, 15) is 14.4 Å². The van der Waals surface area contributed by atoms with Crippen molar-refractivity contribution in [3.63, 3.8) is 0 Å². The van der Waals surface area contributed by atoms with Crippen LogP contribution in [0.3, 0.4) is 0 Å². The fourth-order valence-electron chi connectivity index (χ4n) is 4.59. The highest BCUT2D eigenvalue weighted by Crippen LogP contribution is 2.33. The standard InChI is InChI=1S/C28H34N2O6/c1-20(31)6-11-26(21(2)32)30-18-25-24(28(30)33)4-3-5-27(25)36-19-22-7-9-23(10-8-22)35-17-14-29-12-15-34-16-13-29/h3-5,7-10,26H,6,11-19H2,1-2H3.